The molecule has 4 aromatic rings. The van der Waals surface area contributed by atoms with Gasteiger partial charge in [0.2, 0.25) is 0 Å². The van der Waals surface area contributed by atoms with Crippen molar-refractivity contribution in [3.8, 4) is 5.69 Å². The maximum atomic E-state index is 13.5. The summed E-state index contributed by atoms with van der Waals surface area (Å²) in [6.07, 6.45) is 5.51. The predicted octanol–water partition coefficient (Wildman–Crippen LogP) is 3.91. The second-order valence-corrected chi connectivity index (χ2v) is 8.55. The van der Waals surface area contributed by atoms with Crippen molar-refractivity contribution in [3.05, 3.63) is 100 Å². The number of pyridine rings is 1. The number of para-hydroxylation sites is 1. The van der Waals surface area contributed by atoms with Gasteiger partial charge in [-0.1, -0.05) is 18.2 Å². The normalized spacial score (nSPS) is 15.5. The van der Waals surface area contributed by atoms with Gasteiger partial charge in [-0.15, -0.1) is 0 Å². The Labute approximate surface area is 197 Å². The molecule has 7 heteroatoms. The molecule has 2 aromatic carbocycles. The lowest BCUT2D eigenvalue weighted by Gasteiger charge is -2.26. The highest BCUT2D eigenvalue weighted by atomic mass is 16.5. The van der Waals surface area contributed by atoms with Crippen LogP contribution in [-0.2, 0) is 11.3 Å². The summed E-state index contributed by atoms with van der Waals surface area (Å²) in [4.78, 5) is 37.1. The van der Waals surface area contributed by atoms with E-state index >= 15 is 0 Å². The molecule has 1 fully saturated rings. The van der Waals surface area contributed by atoms with E-state index in [1.54, 1.807) is 47.3 Å². The van der Waals surface area contributed by atoms with Gasteiger partial charge in [0.1, 0.15) is 5.82 Å². The summed E-state index contributed by atoms with van der Waals surface area (Å²) in [7, 11) is 0. The van der Waals surface area contributed by atoms with Crippen molar-refractivity contribution in [3.63, 3.8) is 0 Å². The average molecular weight is 455 g/mol. The van der Waals surface area contributed by atoms with E-state index in [9.17, 15) is 9.59 Å². The minimum absolute atomic E-state index is 0.0461. The van der Waals surface area contributed by atoms with Gasteiger partial charge in [-0.25, -0.2) is 4.98 Å². The predicted molar refractivity (Wildman–Crippen MR) is 130 cm³/mol. The minimum Gasteiger partial charge on any atom is -0.376 e. The zero-order valence-corrected chi connectivity index (χ0v) is 19.1. The molecule has 1 unspecified atom stereocenters. The van der Waals surface area contributed by atoms with Gasteiger partial charge in [-0.2, -0.15) is 0 Å². The highest BCUT2D eigenvalue weighted by molar-refractivity contribution is 5.94. The van der Waals surface area contributed by atoms with E-state index < -0.39 is 0 Å². The van der Waals surface area contributed by atoms with Gasteiger partial charge in [0.25, 0.3) is 11.5 Å². The molecule has 3 heterocycles. The van der Waals surface area contributed by atoms with Crippen LogP contribution in [0.4, 0.5) is 0 Å². The molecule has 5 rings (SSSR count). The molecule has 1 amide bonds. The van der Waals surface area contributed by atoms with Crippen LogP contribution in [0.5, 0.6) is 0 Å². The van der Waals surface area contributed by atoms with Crippen molar-refractivity contribution in [1.82, 2.24) is 19.4 Å². The average Bonchev–Trinajstić information content (AvgIpc) is 3.37. The molecular formula is C27H26N4O3. The zero-order valence-electron chi connectivity index (χ0n) is 19.1. The maximum Gasteiger partial charge on any atom is 0.265 e. The molecule has 1 aliphatic rings. The van der Waals surface area contributed by atoms with E-state index in [1.165, 1.54) is 0 Å². The number of hydrogen-bond donors (Lipinski definition) is 0. The zero-order chi connectivity index (χ0) is 23.5. The van der Waals surface area contributed by atoms with Crippen LogP contribution >= 0.6 is 0 Å². The Morgan fingerprint density at radius 3 is 2.68 bits per heavy atom. The Balaban J connectivity index is 1.43. The van der Waals surface area contributed by atoms with Gasteiger partial charge in [0.15, 0.2) is 0 Å². The quantitative estimate of drug-likeness (QED) is 0.442. The Bertz CT molecular complexity index is 1360. The first kappa shape index (κ1) is 22.0. The number of benzene rings is 2. The van der Waals surface area contributed by atoms with E-state index in [0.29, 0.717) is 41.1 Å². The molecule has 7 nitrogen and oxygen atoms in total. The van der Waals surface area contributed by atoms with Gasteiger partial charge in [0, 0.05) is 37.7 Å². The van der Waals surface area contributed by atoms with Gasteiger partial charge in [-0.05, 0) is 67.8 Å². The molecule has 0 N–H and O–H groups in total. The van der Waals surface area contributed by atoms with Crippen molar-refractivity contribution in [2.45, 2.75) is 32.4 Å². The second kappa shape index (κ2) is 9.57. The van der Waals surface area contributed by atoms with Crippen molar-refractivity contribution in [1.29, 1.82) is 0 Å². The summed E-state index contributed by atoms with van der Waals surface area (Å²) in [6, 6.07) is 18.3. The van der Waals surface area contributed by atoms with Crippen LogP contribution in [0.25, 0.3) is 16.6 Å². The number of fused-ring (bicyclic) bond motifs is 1. The SMILES string of the molecule is Cc1nc2ccccc2c(=O)n1-c1ccc(C(=O)N(Cc2cccnc2)CC2CCCO2)cc1. The van der Waals surface area contributed by atoms with Gasteiger partial charge in [0.05, 0.1) is 22.7 Å². The molecule has 1 saturated heterocycles. The fourth-order valence-corrected chi connectivity index (χ4v) is 4.45. The fourth-order valence-electron chi connectivity index (χ4n) is 4.45. The topological polar surface area (TPSA) is 77.3 Å². The largest absolute Gasteiger partial charge is 0.376 e. The van der Waals surface area contributed by atoms with Crippen LogP contribution in [0.15, 0.2) is 77.9 Å². The maximum absolute atomic E-state index is 13.5. The molecule has 2 aromatic heterocycles. The van der Waals surface area contributed by atoms with Crippen molar-refractivity contribution < 1.29 is 9.53 Å². The number of carbonyl (C=O) groups is 1. The third-order valence-electron chi connectivity index (χ3n) is 6.15. The number of aryl methyl sites for hydroxylation is 1. The monoisotopic (exact) mass is 454 g/mol. The molecule has 172 valence electrons. The van der Waals surface area contributed by atoms with Gasteiger partial charge in [-0.3, -0.25) is 19.1 Å². The summed E-state index contributed by atoms with van der Waals surface area (Å²) < 4.78 is 7.37. The van der Waals surface area contributed by atoms with E-state index in [4.69, 9.17) is 4.74 Å². The third kappa shape index (κ3) is 4.47. The molecular weight excluding hydrogens is 428 g/mol. The van der Waals surface area contributed by atoms with E-state index in [-0.39, 0.29) is 17.6 Å². The first-order valence-electron chi connectivity index (χ1n) is 11.5. The number of nitrogens with zero attached hydrogens (tertiary/aromatic N) is 4. The molecule has 34 heavy (non-hydrogen) atoms. The number of aromatic nitrogens is 3. The lowest BCUT2D eigenvalue weighted by molar-refractivity contribution is 0.0507. The van der Waals surface area contributed by atoms with Crippen LogP contribution in [0.2, 0.25) is 0 Å². The van der Waals surface area contributed by atoms with E-state index in [2.05, 4.69) is 9.97 Å². The van der Waals surface area contributed by atoms with Gasteiger partial charge >= 0.3 is 0 Å². The lowest BCUT2D eigenvalue weighted by Crippen LogP contribution is -2.37. The van der Waals surface area contributed by atoms with Crippen LogP contribution in [0, 0.1) is 6.92 Å². The highest BCUT2D eigenvalue weighted by Crippen LogP contribution is 2.19. The molecule has 0 spiro atoms. The fraction of sp³-hybridized carbons (Fsp3) is 0.259. The summed E-state index contributed by atoms with van der Waals surface area (Å²) in [5.41, 5.74) is 2.75. The van der Waals surface area contributed by atoms with Crippen molar-refractivity contribution >= 4 is 16.8 Å². The molecule has 1 atom stereocenters. The van der Waals surface area contributed by atoms with Gasteiger partial charge < -0.3 is 9.64 Å². The number of ether oxygens (including phenoxy) is 1. The molecule has 1 aliphatic heterocycles. The van der Waals surface area contributed by atoms with Crippen molar-refractivity contribution in [2.75, 3.05) is 13.2 Å². The van der Waals surface area contributed by atoms with Crippen LogP contribution in [0.3, 0.4) is 0 Å². The first-order valence-corrected chi connectivity index (χ1v) is 11.5. The van der Waals surface area contributed by atoms with E-state index in [0.717, 1.165) is 25.0 Å². The van der Waals surface area contributed by atoms with E-state index in [1.807, 2.05) is 42.2 Å². The molecule has 0 radical (unpaired) electrons. The Morgan fingerprint density at radius 1 is 1.12 bits per heavy atom. The molecule has 0 bridgehead atoms. The minimum atomic E-state index is -0.126. The Hall–Kier alpha value is -3.84. The Kier molecular flexibility index (Phi) is 6.18. The number of amides is 1. The summed E-state index contributed by atoms with van der Waals surface area (Å²) in [5, 5.41) is 0.562. The number of rotatable bonds is 6. The molecule has 0 saturated carbocycles. The Morgan fingerprint density at radius 2 is 1.94 bits per heavy atom. The second-order valence-electron chi connectivity index (χ2n) is 8.55. The number of carbonyl (C=O) groups excluding carboxylic acids is 1. The van der Waals surface area contributed by atoms with Crippen LogP contribution < -0.4 is 5.56 Å². The lowest BCUT2D eigenvalue weighted by atomic mass is 10.1. The highest BCUT2D eigenvalue weighted by Gasteiger charge is 2.24. The standard InChI is InChI=1S/C27H26N4O3/c1-19-29-25-9-3-2-8-24(25)27(33)31(19)22-12-10-21(11-13-22)26(32)30(18-23-7-5-15-34-23)17-20-6-4-14-28-16-20/h2-4,6,8-14,16,23H,5,7,15,17-18H2,1H3. The number of hydrogen-bond acceptors (Lipinski definition) is 5. The van der Waals surface area contributed by atoms with Crippen molar-refractivity contribution in [2.24, 2.45) is 0 Å². The summed E-state index contributed by atoms with van der Waals surface area (Å²) >= 11 is 0. The third-order valence-corrected chi connectivity index (χ3v) is 6.15. The van der Waals surface area contributed by atoms with Crippen LogP contribution in [0.1, 0.15) is 34.6 Å². The summed E-state index contributed by atoms with van der Waals surface area (Å²) in [5.74, 6) is 0.519. The van der Waals surface area contributed by atoms with Crippen LogP contribution in [-0.4, -0.2) is 44.6 Å². The summed E-state index contributed by atoms with van der Waals surface area (Å²) in [6.45, 7) is 3.54. The first-order chi connectivity index (χ1) is 16.6. The molecule has 0 aliphatic carbocycles. The smallest absolute Gasteiger partial charge is 0.265 e.